The van der Waals surface area contributed by atoms with Gasteiger partial charge in [0.1, 0.15) is 0 Å². The molecule has 0 unspecified atom stereocenters. The van der Waals surface area contributed by atoms with Gasteiger partial charge in [-0.3, -0.25) is 4.79 Å². The minimum absolute atomic E-state index is 0.216. The van der Waals surface area contributed by atoms with Gasteiger partial charge in [0.25, 0.3) is 0 Å². The Bertz CT molecular complexity index is 237. The van der Waals surface area contributed by atoms with Crippen LogP contribution in [0.25, 0.3) is 0 Å². The number of carbonyl (C=O) groups excluding carboxylic acids is 1. The fourth-order valence-corrected chi connectivity index (χ4v) is 2.30. The van der Waals surface area contributed by atoms with Gasteiger partial charge in [0, 0.05) is 12.5 Å². The van der Waals surface area contributed by atoms with Crippen molar-refractivity contribution in [2.45, 2.75) is 39.0 Å². The Hall–Kier alpha value is -0.640. The smallest absolute Gasteiger partial charge is 0.226 e. The fraction of sp³-hybridized carbons (Fsp3) is 0.818. The summed E-state index contributed by atoms with van der Waals surface area (Å²) in [6.45, 7) is 3.10. The lowest BCUT2D eigenvalue weighted by Crippen LogP contribution is -2.41. The Morgan fingerprint density at radius 2 is 2.00 bits per heavy atom. The Kier molecular flexibility index (Phi) is 5.02. The molecular formula is C11H20N2OS. The molecule has 1 aliphatic rings. The zero-order chi connectivity index (χ0) is 11.3. The predicted octanol–water partition coefficient (Wildman–Crippen LogP) is 1.70. The highest BCUT2D eigenvalue weighted by atomic mass is 32.1. The molecule has 0 aromatic heterocycles. The molecule has 0 bridgehead atoms. The number of rotatable bonds is 4. The molecule has 0 aromatic rings. The van der Waals surface area contributed by atoms with Gasteiger partial charge in [0.15, 0.2) is 0 Å². The second kappa shape index (κ2) is 6.05. The van der Waals surface area contributed by atoms with Crippen LogP contribution in [0.1, 0.15) is 39.0 Å². The first-order chi connectivity index (χ1) is 7.15. The zero-order valence-corrected chi connectivity index (χ0v) is 10.2. The highest BCUT2D eigenvalue weighted by Gasteiger charge is 2.25. The second-order valence-corrected chi connectivity index (χ2v) is 4.68. The number of nitrogens with zero attached hydrogens (tertiary/aromatic N) is 1. The van der Waals surface area contributed by atoms with Gasteiger partial charge < -0.3 is 10.6 Å². The van der Waals surface area contributed by atoms with E-state index in [9.17, 15) is 4.79 Å². The highest BCUT2D eigenvalue weighted by Crippen LogP contribution is 2.25. The predicted molar refractivity (Wildman–Crippen MR) is 65.6 cm³/mol. The third-order valence-corrected chi connectivity index (χ3v) is 3.12. The van der Waals surface area contributed by atoms with Crippen LogP contribution in [0.2, 0.25) is 0 Å². The first kappa shape index (κ1) is 12.4. The van der Waals surface area contributed by atoms with Crippen molar-refractivity contribution in [3.05, 3.63) is 0 Å². The van der Waals surface area contributed by atoms with Crippen LogP contribution in [-0.2, 0) is 4.79 Å². The summed E-state index contributed by atoms with van der Waals surface area (Å²) in [5.41, 5.74) is 5.47. The van der Waals surface area contributed by atoms with Crippen LogP contribution in [0.5, 0.6) is 0 Å². The minimum atomic E-state index is 0.216. The molecule has 0 atom stereocenters. The molecule has 4 heteroatoms. The molecule has 1 aliphatic carbocycles. The topological polar surface area (TPSA) is 46.3 Å². The van der Waals surface area contributed by atoms with E-state index in [1.54, 1.807) is 4.90 Å². The summed E-state index contributed by atoms with van der Waals surface area (Å²) in [6, 6.07) is 0. The molecule has 15 heavy (non-hydrogen) atoms. The monoisotopic (exact) mass is 228 g/mol. The quantitative estimate of drug-likeness (QED) is 0.745. The molecule has 2 N–H and O–H groups in total. The Labute approximate surface area is 97.0 Å². The van der Waals surface area contributed by atoms with Gasteiger partial charge in [-0.25, -0.2) is 0 Å². The van der Waals surface area contributed by atoms with Crippen LogP contribution < -0.4 is 5.73 Å². The van der Waals surface area contributed by atoms with Gasteiger partial charge in [-0.05, 0) is 19.8 Å². The van der Waals surface area contributed by atoms with E-state index in [2.05, 4.69) is 0 Å². The number of hydrogen-bond acceptors (Lipinski definition) is 2. The number of thiocarbonyl (C=S) groups is 1. The third-order valence-electron chi connectivity index (χ3n) is 2.99. The van der Waals surface area contributed by atoms with Crippen molar-refractivity contribution in [2.75, 3.05) is 13.1 Å². The Morgan fingerprint density at radius 3 is 2.47 bits per heavy atom. The van der Waals surface area contributed by atoms with Crippen LogP contribution in [0.15, 0.2) is 0 Å². The van der Waals surface area contributed by atoms with Gasteiger partial charge in [-0.2, -0.15) is 0 Å². The molecule has 1 rings (SSSR count). The van der Waals surface area contributed by atoms with E-state index in [4.69, 9.17) is 18.0 Å². The summed E-state index contributed by atoms with van der Waals surface area (Å²) >= 11 is 4.84. The van der Waals surface area contributed by atoms with Crippen molar-refractivity contribution in [1.29, 1.82) is 0 Å². The van der Waals surface area contributed by atoms with Crippen molar-refractivity contribution >= 4 is 23.1 Å². The first-order valence-electron chi connectivity index (χ1n) is 5.72. The summed E-state index contributed by atoms with van der Waals surface area (Å²) in [5, 5.41) is 0. The molecule has 3 nitrogen and oxygen atoms in total. The summed E-state index contributed by atoms with van der Waals surface area (Å²) in [7, 11) is 0. The number of carbonyl (C=O) groups is 1. The second-order valence-electron chi connectivity index (χ2n) is 4.15. The lowest BCUT2D eigenvalue weighted by molar-refractivity contribution is -0.135. The van der Waals surface area contributed by atoms with E-state index >= 15 is 0 Å². The molecule has 86 valence electrons. The average molecular weight is 228 g/mol. The lowest BCUT2D eigenvalue weighted by Gasteiger charge is -2.28. The van der Waals surface area contributed by atoms with Crippen LogP contribution in [0.4, 0.5) is 0 Å². The van der Waals surface area contributed by atoms with Crippen molar-refractivity contribution in [3.8, 4) is 0 Å². The first-order valence-corrected chi connectivity index (χ1v) is 6.13. The van der Waals surface area contributed by atoms with E-state index < -0.39 is 0 Å². The van der Waals surface area contributed by atoms with Gasteiger partial charge in [-0.1, -0.05) is 31.5 Å². The van der Waals surface area contributed by atoms with Gasteiger partial charge in [-0.15, -0.1) is 0 Å². The fourth-order valence-electron chi connectivity index (χ4n) is 2.14. The van der Waals surface area contributed by atoms with Crippen molar-refractivity contribution < 1.29 is 4.79 Å². The van der Waals surface area contributed by atoms with Crippen LogP contribution in [0.3, 0.4) is 0 Å². The summed E-state index contributed by atoms with van der Waals surface area (Å²) < 4.78 is 0. The van der Waals surface area contributed by atoms with Crippen molar-refractivity contribution in [3.63, 3.8) is 0 Å². The molecule has 1 fully saturated rings. The highest BCUT2D eigenvalue weighted by molar-refractivity contribution is 7.80. The zero-order valence-electron chi connectivity index (χ0n) is 9.37. The van der Waals surface area contributed by atoms with E-state index in [0.29, 0.717) is 18.1 Å². The maximum Gasteiger partial charge on any atom is 0.226 e. The normalized spacial score (nSPS) is 17.4. The molecule has 0 spiro atoms. The molecular weight excluding hydrogens is 208 g/mol. The third kappa shape index (κ3) is 3.78. The maximum absolute atomic E-state index is 12.1. The summed E-state index contributed by atoms with van der Waals surface area (Å²) in [4.78, 5) is 14.3. The number of hydrogen-bond donors (Lipinski definition) is 1. The van der Waals surface area contributed by atoms with Gasteiger partial charge in [0.05, 0.1) is 11.5 Å². The molecule has 0 aromatic carbocycles. The molecule has 0 radical (unpaired) electrons. The van der Waals surface area contributed by atoms with Crippen molar-refractivity contribution in [1.82, 2.24) is 4.90 Å². The number of amides is 1. The Balaban J connectivity index is 2.50. The molecule has 0 aliphatic heterocycles. The van der Waals surface area contributed by atoms with Gasteiger partial charge >= 0.3 is 0 Å². The van der Waals surface area contributed by atoms with Crippen molar-refractivity contribution in [2.24, 2.45) is 11.7 Å². The van der Waals surface area contributed by atoms with Gasteiger partial charge in [0.2, 0.25) is 5.91 Å². The summed E-state index contributed by atoms with van der Waals surface area (Å²) in [5.74, 6) is 0.457. The van der Waals surface area contributed by atoms with Crippen LogP contribution in [0, 0.1) is 5.92 Å². The van der Waals surface area contributed by atoms with E-state index in [-0.39, 0.29) is 11.8 Å². The molecule has 1 amide bonds. The average Bonchev–Trinajstić information content (AvgIpc) is 2.26. The number of likely N-dealkylation sites (N-methyl/N-ethyl adjacent to an activating group) is 1. The summed E-state index contributed by atoms with van der Waals surface area (Å²) in [6.07, 6.45) is 5.70. The lowest BCUT2D eigenvalue weighted by atomic mass is 9.88. The van der Waals surface area contributed by atoms with E-state index in [1.807, 2.05) is 6.92 Å². The molecule has 0 heterocycles. The maximum atomic E-state index is 12.1. The SMILES string of the molecule is CCN(CC(N)=S)C(=O)C1CCCCC1. The largest absolute Gasteiger partial charge is 0.392 e. The van der Waals surface area contributed by atoms with Crippen LogP contribution >= 0.6 is 12.2 Å². The molecule has 1 saturated carbocycles. The minimum Gasteiger partial charge on any atom is -0.392 e. The standard InChI is InChI=1S/C11H20N2OS/c1-2-13(8-10(12)15)11(14)9-6-4-3-5-7-9/h9H,2-8H2,1H3,(H2,12,15). The molecule has 0 saturated heterocycles. The van der Waals surface area contributed by atoms with E-state index in [0.717, 1.165) is 12.8 Å². The van der Waals surface area contributed by atoms with Crippen LogP contribution in [-0.4, -0.2) is 28.9 Å². The Morgan fingerprint density at radius 1 is 1.40 bits per heavy atom. The number of nitrogens with two attached hydrogens (primary N) is 1. The van der Waals surface area contributed by atoms with E-state index in [1.165, 1.54) is 19.3 Å².